The molecule has 9 nitrogen and oxygen atoms in total. The van der Waals surface area contributed by atoms with Crippen LogP contribution in [0.5, 0.6) is 0 Å². The first kappa shape index (κ1) is 18.3. The van der Waals surface area contributed by atoms with E-state index in [1.807, 2.05) is 0 Å². The summed E-state index contributed by atoms with van der Waals surface area (Å²) >= 11 is 0. The first-order valence-corrected chi connectivity index (χ1v) is 6.89. The second-order valence-electron chi connectivity index (χ2n) is 5.07. The van der Waals surface area contributed by atoms with Crippen LogP contribution in [0.4, 0.5) is 0 Å². The molecule has 0 radical (unpaired) electrons. The Kier molecular flexibility index (Phi) is 4.83. The maximum atomic E-state index is 12.5. The van der Waals surface area contributed by atoms with Gasteiger partial charge in [0.1, 0.15) is 0 Å². The molecule has 0 fully saturated rings. The Hall–Kier alpha value is -4.01. The number of carboxylic acid groups (broad SMARTS) is 4. The molecule has 0 unspecified atom stereocenters. The van der Waals surface area contributed by atoms with Crippen molar-refractivity contribution >= 4 is 29.7 Å². The zero-order valence-electron chi connectivity index (χ0n) is 12.8. The van der Waals surface area contributed by atoms with E-state index in [0.717, 1.165) is 36.4 Å². The Morgan fingerprint density at radius 2 is 0.846 bits per heavy atom. The molecule has 0 heterocycles. The number of hydrogen-bond donors (Lipinski definition) is 4. The van der Waals surface area contributed by atoms with Gasteiger partial charge < -0.3 is 20.4 Å². The van der Waals surface area contributed by atoms with Crippen molar-refractivity contribution in [3.63, 3.8) is 0 Å². The molecule has 0 saturated carbocycles. The van der Waals surface area contributed by atoms with Crippen molar-refractivity contribution < 1.29 is 47.3 Å². The zero-order valence-corrected chi connectivity index (χ0v) is 12.8. The third-order valence-electron chi connectivity index (χ3n) is 3.49. The molecule has 2 aromatic carbocycles. The molecule has 0 bridgehead atoms. The summed E-state index contributed by atoms with van der Waals surface area (Å²) in [6.45, 7) is 0. The lowest BCUT2D eigenvalue weighted by molar-refractivity contribution is 0.0651. The number of benzene rings is 2. The van der Waals surface area contributed by atoms with E-state index in [2.05, 4.69) is 0 Å². The predicted octanol–water partition coefficient (Wildman–Crippen LogP) is 2.20. The van der Waals surface area contributed by atoms with E-state index in [0.29, 0.717) is 0 Å². The number of aromatic carboxylic acids is 4. The minimum Gasteiger partial charge on any atom is -0.478 e. The van der Waals surface area contributed by atoms with Gasteiger partial charge in [-0.2, -0.15) is 0 Å². The van der Waals surface area contributed by atoms with Gasteiger partial charge in [0.2, 0.25) is 0 Å². The second-order valence-corrected chi connectivity index (χ2v) is 5.07. The molecular weight excluding hydrogens is 348 g/mol. The van der Waals surface area contributed by atoms with Gasteiger partial charge in [-0.3, -0.25) is 4.79 Å². The standard InChI is InChI=1S/C17H10O9.2H2/c18-13(7-1-3-9(14(19)20)11(5-7)16(23)24)8-2-4-10(15(21)22)12(6-8)17(25)26;;/h1-6H,(H,19,20)(H,21,22)(H,23,24)(H,25,26);2*1H. The molecule has 0 aliphatic heterocycles. The molecule has 9 heteroatoms. The van der Waals surface area contributed by atoms with Gasteiger partial charge in [0, 0.05) is 14.0 Å². The summed E-state index contributed by atoms with van der Waals surface area (Å²) in [6.07, 6.45) is 0. The van der Waals surface area contributed by atoms with Gasteiger partial charge in [0.05, 0.1) is 22.3 Å². The van der Waals surface area contributed by atoms with Crippen LogP contribution in [0.1, 0.15) is 60.2 Å². The maximum Gasteiger partial charge on any atom is 0.336 e. The first-order chi connectivity index (χ1) is 12.1. The first-order valence-electron chi connectivity index (χ1n) is 6.89. The molecule has 0 amide bonds. The smallest absolute Gasteiger partial charge is 0.336 e. The quantitative estimate of drug-likeness (QED) is 0.563. The number of rotatable bonds is 6. The summed E-state index contributed by atoms with van der Waals surface area (Å²) in [5.74, 6) is -6.86. The van der Waals surface area contributed by atoms with Gasteiger partial charge >= 0.3 is 23.9 Å². The van der Waals surface area contributed by atoms with Crippen LogP contribution in [-0.2, 0) is 0 Å². The molecule has 0 aliphatic rings. The highest BCUT2D eigenvalue weighted by atomic mass is 16.4. The Labute approximate surface area is 147 Å². The third-order valence-corrected chi connectivity index (χ3v) is 3.49. The van der Waals surface area contributed by atoms with Crippen molar-refractivity contribution in [3.8, 4) is 0 Å². The predicted molar refractivity (Wildman–Crippen MR) is 88.4 cm³/mol. The average Bonchev–Trinajstić information content (AvgIpc) is 2.59. The molecule has 0 spiro atoms. The lowest BCUT2D eigenvalue weighted by Crippen LogP contribution is -2.13. The summed E-state index contributed by atoms with van der Waals surface area (Å²) < 4.78 is 0. The van der Waals surface area contributed by atoms with Crippen LogP contribution >= 0.6 is 0 Å². The lowest BCUT2D eigenvalue weighted by Gasteiger charge is -2.08. The van der Waals surface area contributed by atoms with E-state index < -0.39 is 51.9 Å². The van der Waals surface area contributed by atoms with Crippen LogP contribution in [0.15, 0.2) is 36.4 Å². The Balaban J connectivity index is 0.00000364. The average molecular weight is 362 g/mol. The topological polar surface area (TPSA) is 166 Å². The Bertz CT molecular complexity index is 905. The van der Waals surface area contributed by atoms with Crippen LogP contribution in [0.2, 0.25) is 0 Å². The summed E-state index contributed by atoms with van der Waals surface area (Å²) in [5.41, 5.74) is -2.62. The molecule has 0 aromatic heterocycles. The van der Waals surface area contributed by atoms with E-state index >= 15 is 0 Å². The molecular formula is C17H14O9. The second kappa shape index (κ2) is 6.85. The van der Waals surface area contributed by atoms with Crippen molar-refractivity contribution in [2.24, 2.45) is 0 Å². The van der Waals surface area contributed by atoms with Crippen molar-refractivity contribution in [3.05, 3.63) is 69.8 Å². The van der Waals surface area contributed by atoms with Crippen molar-refractivity contribution in [2.45, 2.75) is 0 Å². The number of carbonyl (C=O) groups excluding carboxylic acids is 1. The molecule has 4 N–H and O–H groups in total. The molecule has 26 heavy (non-hydrogen) atoms. The summed E-state index contributed by atoms with van der Waals surface area (Å²) in [5, 5.41) is 36.1. The molecule has 2 rings (SSSR count). The van der Waals surface area contributed by atoms with Crippen LogP contribution < -0.4 is 0 Å². The van der Waals surface area contributed by atoms with Crippen LogP contribution in [-0.4, -0.2) is 50.1 Å². The zero-order chi connectivity index (χ0) is 19.6. The summed E-state index contributed by atoms with van der Waals surface area (Å²) in [4.78, 5) is 56.9. The molecule has 0 aliphatic carbocycles. The van der Waals surface area contributed by atoms with Crippen molar-refractivity contribution in [2.75, 3.05) is 0 Å². The van der Waals surface area contributed by atoms with E-state index in [1.54, 1.807) is 0 Å². The van der Waals surface area contributed by atoms with Crippen molar-refractivity contribution in [1.82, 2.24) is 0 Å². The SMILES string of the molecule is O=C(c1ccc(C(=O)O)c(C(=O)O)c1)c1ccc(C(=O)O)c(C(=O)O)c1.[HH].[HH]. The van der Waals surface area contributed by atoms with E-state index in [9.17, 15) is 24.0 Å². The monoisotopic (exact) mass is 362 g/mol. The van der Waals surface area contributed by atoms with Gasteiger partial charge in [-0.15, -0.1) is 0 Å². The van der Waals surface area contributed by atoms with Crippen LogP contribution in [0.3, 0.4) is 0 Å². The number of hydrogen-bond acceptors (Lipinski definition) is 5. The maximum absolute atomic E-state index is 12.5. The molecule has 136 valence electrons. The van der Waals surface area contributed by atoms with Crippen molar-refractivity contribution in [1.29, 1.82) is 0 Å². The van der Waals surface area contributed by atoms with Crippen LogP contribution in [0, 0.1) is 0 Å². The minimum atomic E-state index is -1.55. The fraction of sp³-hybridized carbons (Fsp3) is 0. The number of carbonyl (C=O) groups is 5. The van der Waals surface area contributed by atoms with E-state index in [1.165, 1.54) is 0 Å². The highest BCUT2D eigenvalue weighted by molar-refractivity contribution is 6.13. The fourth-order valence-electron chi connectivity index (χ4n) is 2.26. The molecule has 0 atom stereocenters. The highest BCUT2D eigenvalue weighted by Crippen LogP contribution is 2.19. The normalized spacial score (nSPS) is 10.2. The van der Waals surface area contributed by atoms with Gasteiger partial charge in [0.25, 0.3) is 0 Å². The Morgan fingerprint density at radius 1 is 0.538 bits per heavy atom. The summed E-state index contributed by atoms with van der Waals surface area (Å²) in [6, 6.07) is 5.79. The minimum absolute atomic E-state index is 0. The summed E-state index contributed by atoms with van der Waals surface area (Å²) in [7, 11) is 0. The Morgan fingerprint density at radius 3 is 1.12 bits per heavy atom. The number of carboxylic acids is 4. The van der Waals surface area contributed by atoms with E-state index in [-0.39, 0.29) is 14.0 Å². The van der Waals surface area contributed by atoms with Gasteiger partial charge in [-0.1, -0.05) is 12.1 Å². The third kappa shape index (κ3) is 3.41. The van der Waals surface area contributed by atoms with E-state index in [4.69, 9.17) is 20.4 Å². The lowest BCUT2D eigenvalue weighted by atomic mass is 9.95. The largest absolute Gasteiger partial charge is 0.478 e. The van der Waals surface area contributed by atoms with Gasteiger partial charge in [0.15, 0.2) is 5.78 Å². The van der Waals surface area contributed by atoms with Gasteiger partial charge in [-0.25, -0.2) is 19.2 Å². The van der Waals surface area contributed by atoms with Gasteiger partial charge in [-0.05, 0) is 24.3 Å². The van der Waals surface area contributed by atoms with Crippen LogP contribution in [0.25, 0.3) is 0 Å². The number of ketones is 1. The molecule has 2 aromatic rings. The molecule has 0 saturated heterocycles. The highest BCUT2D eigenvalue weighted by Gasteiger charge is 2.22. The fourth-order valence-corrected chi connectivity index (χ4v) is 2.26.